The first-order valence-corrected chi connectivity index (χ1v) is 10.2. The lowest BCUT2D eigenvalue weighted by molar-refractivity contribution is -0.136. The summed E-state index contributed by atoms with van der Waals surface area (Å²) < 4.78 is 41.8. The third-order valence-electron chi connectivity index (χ3n) is 5.25. The maximum Gasteiger partial charge on any atom is 0.417 e. The molecule has 4 rings (SSSR count). The summed E-state index contributed by atoms with van der Waals surface area (Å²) in [6.45, 7) is 4.11. The smallest absolute Gasteiger partial charge is 0.366 e. The number of nitrogens with zero attached hydrogens (tertiary/aromatic N) is 4. The molecule has 1 saturated heterocycles. The second-order valence-electron chi connectivity index (χ2n) is 7.93. The van der Waals surface area contributed by atoms with Crippen LogP contribution in [0.4, 0.5) is 19.0 Å². The van der Waals surface area contributed by atoms with Crippen molar-refractivity contribution in [2.45, 2.75) is 51.4 Å². The third kappa shape index (κ3) is 4.33. The van der Waals surface area contributed by atoms with Gasteiger partial charge in [-0.15, -0.1) is 0 Å². The van der Waals surface area contributed by atoms with E-state index in [1.807, 2.05) is 13.8 Å². The Hall–Kier alpha value is -3.17. The molecule has 10 heteroatoms. The van der Waals surface area contributed by atoms with Crippen LogP contribution < -0.4 is 5.32 Å². The van der Waals surface area contributed by atoms with Crippen molar-refractivity contribution >= 4 is 22.8 Å². The van der Waals surface area contributed by atoms with Crippen LogP contribution in [0.1, 0.15) is 49.7 Å². The summed E-state index contributed by atoms with van der Waals surface area (Å²) in [5.74, 6) is -0.0608. The number of amides is 1. The molecular formula is C21H23F3N6O. The number of aromatic amines is 1. The average Bonchev–Trinajstić information content (AvgIpc) is 3.34. The quantitative estimate of drug-likeness (QED) is 0.634. The summed E-state index contributed by atoms with van der Waals surface area (Å²) >= 11 is 0. The minimum Gasteiger partial charge on any atom is -0.366 e. The van der Waals surface area contributed by atoms with E-state index in [2.05, 4.69) is 25.5 Å². The van der Waals surface area contributed by atoms with Gasteiger partial charge in [0.25, 0.3) is 0 Å². The van der Waals surface area contributed by atoms with Gasteiger partial charge < -0.3 is 10.2 Å². The van der Waals surface area contributed by atoms with Crippen molar-refractivity contribution in [3.63, 3.8) is 0 Å². The zero-order valence-electron chi connectivity index (χ0n) is 17.2. The zero-order chi connectivity index (χ0) is 22.2. The molecule has 0 unspecified atom stereocenters. The third-order valence-corrected chi connectivity index (χ3v) is 5.25. The van der Waals surface area contributed by atoms with Crippen LogP contribution in [0.15, 0.2) is 30.5 Å². The molecule has 3 aromatic rings. The number of carbonyl (C=O) groups excluding carboxylic acids is 1. The molecular weight excluding hydrogens is 409 g/mol. The van der Waals surface area contributed by atoms with Gasteiger partial charge in [-0.1, -0.05) is 6.07 Å². The number of alkyl halides is 3. The second kappa shape index (κ2) is 8.16. The van der Waals surface area contributed by atoms with Crippen LogP contribution in [0, 0.1) is 0 Å². The number of anilines is 1. The van der Waals surface area contributed by atoms with Crippen molar-refractivity contribution in [2.75, 3.05) is 11.9 Å². The highest BCUT2D eigenvalue weighted by Crippen LogP contribution is 2.40. The minimum absolute atomic E-state index is 0.0528. The molecule has 4 heterocycles. The molecule has 0 radical (unpaired) electrons. The Labute approximate surface area is 177 Å². The highest BCUT2D eigenvalue weighted by atomic mass is 19.4. The lowest BCUT2D eigenvalue weighted by Crippen LogP contribution is -2.32. The van der Waals surface area contributed by atoms with E-state index in [4.69, 9.17) is 0 Å². The van der Waals surface area contributed by atoms with E-state index in [1.165, 1.54) is 0 Å². The van der Waals surface area contributed by atoms with E-state index in [-0.39, 0.29) is 40.9 Å². The normalized spacial score (nSPS) is 17.0. The number of nitrogens with one attached hydrogen (secondary N) is 2. The fourth-order valence-electron chi connectivity index (χ4n) is 3.95. The van der Waals surface area contributed by atoms with Gasteiger partial charge in [-0.3, -0.25) is 14.9 Å². The van der Waals surface area contributed by atoms with Gasteiger partial charge in [0, 0.05) is 24.5 Å². The molecule has 2 N–H and O–H groups in total. The lowest BCUT2D eigenvalue weighted by atomic mass is 10.0. The molecule has 1 atom stereocenters. The van der Waals surface area contributed by atoms with Crippen molar-refractivity contribution in [3.05, 3.63) is 47.4 Å². The Balaban J connectivity index is 1.70. The molecule has 164 valence electrons. The molecule has 31 heavy (non-hydrogen) atoms. The Morgan fingerprint density at radius 1 is 1.35 bits per heavy atom. The molecule has 0 bridgehead atoms. The zero-order valence-corrected chi connectivity index (χ0v) is 17.2. The summed E-state index contributed by atoms with van der Waals surface area (Å²) in [6.07, 6.45) is -1.64. The molecule has 1 aliphatic rings. The van der Waals surface area contributed by atoms with Crippen LogP contribution in [0.3, 0.4) is 0 Å². The van der Waals surface area contributed by atoms with E-state index in [1.54, 1.807) is 29.3 Å². The number of pyridine rings is 2. The predicted molar refractivity (Wildman–Crippen MR) is 109 cm³/mol. The number of hydrogen-bond acceptors (Lipinski definition) is 5. The van der Waals surface area contributed by atoms with Crippen molar-refractivity contribution in [3.8, 4) is 0 Å². The molecule has 1 amide bonds. The van der Waals surface area contributed by atoms with Crippen molar-refractivity contribution < 1.29 is 18.0 Å². The predicted octanol–water partition coefficient (Wildman–Crippen LogP) is 4.10. The van der Waals surface area contributed by atoms with Crippen LogP contribution in [0.25, 0.3) is 11.0 Å². The Morgan fingerprint density at radius 3 is 2.84 bits per heavy atom. The van der Waals surface area contributed by atoms with E-state index < -0.39 is 17.8 Å². The summed E-state index contributed by atoms with van der Waals surface area (Å²) in [5, 5.41) is 9.46. The van der Waals surface area contributed by atoms with Crippen LogP contribution >= 0.6 is 0 Å². The molecule has 7 nitrogen and oxygen atoms in total. The number of aromatic nitrogens is 4. The Bertz CT molecular complexity index is 1080. The largest absolute Gasteiger partial charge is 0.417 e. The van der Waals surface area contributed by atoms with Crippen molar-refractivity contribution in [2.24, 2.45) is 0 Å². The van der Waals surface area contributed by atoms with Crippen LogP contribution in [-0.2, 0) is 17.4 Å². The van der Waals surface area contributed by atoms with Crippen molar-refractivity contribution in [1.82, 2.24) is 25.1 Å². The molecule has 1 aliphatic heterocycles. The average molecular weight is 432 g/mol. The first-order valence-electron chi connectivity index (χ1n) is 10.2. The first-order chi connectivity index (χ1) is 14.7. The number of fused-ring (bicyclic) bond motifs is 1. The highest BCUT2D eigenvalue weighted by molar-refractivity contribution is 5.91. The lowest BCUT2D eigenvalue weighted by Gasteiger charge is -2.25. The summed E-state index contributed by atoms with van der Waals surface area (Å²) in [5.41, 5.74) is 0.0763. The van der Waals surface area contributed by atoms with E-state index in [0.29, 0.717) is 25.1 Å². The Kier molecular flexibility index (Phi) is 5.55. The van der Waals surface area contributed by atoms with Crippen molar-refractivity contribution in [1.29, 1.82) is 0 Å². The number of likely N-dealkylation sites (tertiary alicyclic amines) is 1. The van der Waals surface area contributed by atoms with Crippen LogP contribution in [-0.4, -0.2) is 43.6 Å². The van der Waals surface area contributed by atoms with Gasteiger partial charge in [0.05, 0.1) is 29.1 Å². The number of rotatable bonds is 5. The molecule has 0 spiro atoms. The molecule has 0 aliphatic carbocycles. The molecule has 0 aromatic carbocycles. The number of H-pyrrole nitrogens is 1. The summed E-state index contributed by atoms with van der Waals surface area (Å²) in [6, 6.07) is 5.75. The topological polar surface area (TPSA) is 86.8 Å². The van der Waals surface area contributed by atoms with Gasteiger partial charge in [0.1, 0.15) is 0 Å². The van der Waals surface area contributed by atoms with E-state index in [9.17, 15) is 18.0 Å². The van der Waals surface area contributed by atoms with E-state index >= 15 is 0 Å². The Morgan fingerprint density at radius 2 is 2.16 bits per heavy atom. The summed E-state index contributed by atoms with van der Waals surface area (Å²) in [4.78, 5) is 23.1. The maximum atomic E-state index is 13.9. The van der Waals surface area contributed by atoms with Gasteiger partial charge in [-0.25, -0.2) is 4.98 Å². The SMILES string of the molecule is CC(C)Nc1n[nH]c2nc([C@@H]3CCCN3C(=O)Cc3ccccn3)cc(C(F)(F)F)c12. The second-order valence-corrected chi connectivity index (χ2v) is 7.93. The van der Waals surface area contributed by atoms with Crippen LogP contribution in [0.2, 0.25) is 0 Å². The fraction of sp³-hybridized carbons (Fsp3) is 0.429. The minimum atomic E-state index is -4.59. The maximum absolute atomic E-state index is 13.9. The molecule has 1 fully saturated rings. The number of halogens is 3. The van der Waals surface area contributed by atoms with Gasteiger partial charge in [-0.05, 0) is 44.9 Å². The van der Waals surface area contributed by atoms with Gasteiger partial charge in [0.2, 0.25) is 5.91 Å². The summed E-state index contributed by atoms with van der Waals surface area (Å²) in [7, 11) is 0. The van der Waals surface area contributed by atoms with Gasteiger partial charge in [-0.2, -0.15) is 18.3 Å². The molecule has 3 aromatic heterocycles. The first kappa shape index (κ1) is 21.1. The van der Waals surface area contributed by atoms with Crippen LogP contribution in [0.5, 0.6) is 0 Å². The monoisotopic (exact) mass is 432 g/mol. The van der Waals surface area contributed by atoms with Gasteiger partial charge in [0.15, 0.2) is 11.5 Å². The fourth-order valence-corrected chi connectivity index (χ4v) is 3.95. The number of carbonyl (C=O) groups is 1. The molecule has 0 saturated carbocycles. The number of hydrogen-bond donors (Lipinski definition) is 2. The highest BCUT2D eigenvalue weighted by Gasteiger charge is 2.38. The van der Waals surface area contributed by atoms with Gasteiger partial charge >= 0.3 is 6.18 Å². The standard InChI is InChI=1S/C21H23F3N6O/c1-12(2)26-19-18-14(21(22,23)24)11-15(27-20(18)29-28-19)16-7-5-9-30(16)17(31)10-13-6-3-4-8-25-13/h3-4,6,8,11-12,16H,5,7,9-10H2,1-2H3,(H2,26,27,28,29)/t16-/m0/s1. The van der Waals surface area contributed by atoms with E-state index in [0.717, 1.165) is 6.07 Å².